The van der Waals surface area contributed by atoms with Crippen LogP contribution in [0, 0.1) is 12.3 Å². The first-order valence-corrected chi connectivity index (χ1v) is 8.98. The Kier molecular flexibility index (Phi) is 7.28. The van der Waals surface area contributed by atoms with E-state index < -0.39 is 0 Å². The minimum Gasteiger partial charge on any atom is -0.495 e. The summed E-state index contributed by atoms with van der Waals surface area (Å²) in [6.07, 6.45) is 16.1. The van der Waals surface area contributed by atoms with Crippen LogP contribution in [-0.4, -0.2) is 44.2 Å². The molecule has 2 atom stereocenters. The predicted molar refractivity (Wildman–Crippen MR) is 104 cm³/mol. The third kappa shape index (κ3) is 8.05. The van der Waals surface area contributed by atoms with Crippen LogP contribution in [0.5, 0.6) is 0 Å². The molecule has 4 nitrogen and oxygen atoms in total. The van der Waals surface area contributed by atoms with Crippen LogP contribution in [-0.2, 0) is 18.9 Å². The molecule has 0 aromatic rings. The van der Waals surface area contributed by atoms with E-state index in [-0.39, 0.29) is 11.2 Å². The third-order valence-electron chi connectivity index (χ3n) is 4.19. The van der Waals surface area contributed by atoms with Crippen LogP contribution >= 0.6 is 0 Å². The summed E-state index contributed by atoms with van der Waals surface area (Å²) < 4.78 is 21.9. The summed E-state index contributed by atoms with van der Waals surface area (Å²) >= 11 is 0. The summed E-state index contributed by atoms with van der Waals surface area (Å²) in [6, 6.07) is 0. The smallest absolute Gasteiger partial charge is 0.123 e. The molecule has 0 amide bonds. The maximum absolute atomic E-state index is 5.70. The number of ether oxygens (including phenoxy) is 4. The molecular weight excluding hydrogens is 328 g/mol. The predicted octanol–water partition coefficient (Wildman–Crippen LogP) is 3.95. The number of rotatable bonds is 11. The summed E-state index contributed by atoms with van der Waals surface area (Å²) in [5, 5.41) is 0. The van der Waals surface area contributed by atoms with Gasteiger partial charge in [0.15, 0.2) is 0 Å². The molecule has 2 aliphatic rings. The molecular formula is C22H30O4. The second kappa shape index (κ2) is 9.23. The highest BCUT2D eigenvalue weighted by molar-refractivity contribution is 5.32. The highest BCUT2D eigenvalue weighted by atomic mass is 16.6. The largest absolute Gasteiger partial charge is 0.495 e. The van der Waals surface area contributed by atoms with Crippen molar-refractivity contribution in [3.05, 3.63) is 47.3 Å². The normalized spacial score (nSPS) is 29.0. The van der Waals surface area contributed by atoms with Crippen molar-refractivity contribution >= 4 is 0 Å². The molecule has 0 spiro atoms. The van der Waals surface area contributed by atoms with Crippen molar-refractivity contribution < 1.29 is 18.9 Å². The Hall–Kier alpha value is -1.80. The number of epoxide rings is 2. The molecule has 0 aliphatic carbocycles. The van der Waals surface area contributed by atoms with E-state index in [9.17, 15) is 0 Å². The molecule has 0 bridgehead atoms. The van der Waals surface area contributed by atoms with E-state index in [0.717, 1.165) is 31.0 Å². The van der Waals surface area contributed by atoms with Gasteiger partial charge in [0.2, 0.25) is 0 Å². The van der Waals surface area contributed by atoms with Gasteiger partial charge in [-0.25, -0.2) is 0 Å². The van der Waals surface area contributed by atoms with E-state index in [1.165, 1.54) is 5.57 Å². The van der Waals surface area contributed by atoms with Crippen LogP contribution in [0.2, 0.25) is 0 Å². The lowest BCUT2D eigenvalue weighted by molar-refractivity contribution is 0.105. The van der Waals surface area contributed by atoms with Gasteiger partial charge in [0.05, 0.1) is 32.2 Å². The van der Waals surface area contributed by atoms with Gasteiger partial charge in [-0.3, -0.25) is 0 Å². The monoisotopic (exact) mass is 358 g/mol. The molecule has 26 heavy (non-hydrogen) atoms. The second-order valence-corrected chi connectivity index (χ2v) is 7.54. The lowest BCUT2D eigenvalue weighted by atomic mass is 10.1. The molecule has 0 aromatic carbocycles. The molecule has 2 aliphatic heterocycles. The summed E-state index contributed by atoms with van der Waals surface area (Å²) in [5.41, 5.74) is 2.12. The van der Waals surface area contributed by atoms with Gasteiger partial charge in [0, 0.05) is 0 Å². The summed E-state index contributed by atoms with van der Waals surface area (Å²) in [5.74, 6) is 3.48. The topological polar surface area (TPSA) is 43.5 Å². The van der Waals surface area contributed by atoms with E-state index in [1.54, 1.807) is 6.08 Å². The number of allylic oxidation sites excluding steroid dienone is 7. The zero-order chi connectivity index (χ0) is 19.0. The fraction of sp³-hybridized carbons (Fsp3) is 0.545. The summed E-state index contributed by atoms with van der Waals surface area (Å²) in [6.45, 7) is 11.5. The highest BCUT2D eigenvalue weighted by Crippen LogP contribution is 2.27. The Balaban J connectivity index is 1.75. The average Bonchev–Trinajstić information content (AvgIpc) is 3.51. The molecule has 4 heteroatoms. The molecule has 0 N–H and O–H groups in total. The van der Waals surface area contributed by atoms with Crippen LogP contribution in [0.3, 0.4) is 0 Å². The number of hydrogen-bond acceptors (Lipinski definition) is 4. The molecule has 142 valence electrons. The van der Waals surface area contributed by atoms with E-state index in [0.29, 0.717) is 19.8 Å². The van der Waals surface area contributed by atoms with Gasteiger partial charge in [-0.1, -0.05) is 29.7 Å². The van der Waals surface area contributed by atoms with E-state index in [1.807, 2.05) is 39.0 Å². The van der Waals surface area contributed by atoms with Crippen molar-refractivity contribution in [2.24, 2.45) is 0 Å². The van der Waals surface area contributed by atoms with E-state index in [4.69, 9.17) is 25.4 Å². The molecule has 2 fully saturated rings. The lowest BCUT2D eigenvalue weighted by Crippen LogP contribution is -2.14. The maximum Gasteiger partial charge on any atom is 0.123 e. The van der Waals surface area contributed by atoms with E-state index in [2.05, 4.69) is 18.9 Å². The van der Waals surface area contributed by atoms with Crippen LogP contribution in [0.25, 0.3) is 0 Å². The van der Waals surface area contributed by atoms with Gasteiger partial charge < -0.3 is 18.9 Å². The van der Waals surface area contributed by atoms with Gasteiger partial charge >= 0.3 is 0 Å². The second-order valence-electron chi connectivity index (χ2n) is 7.54. The van der Waals surface area contributed by atoms with Gasteiger partial charge in [0.1, 0.15) is 17.8 Å². The summed E-state index contributed by atoms with van der Waals surface area (Å²) in [7, 11) is 0. The number of hydrogen-bond donors (Lipinski definition) is 0. The molecule has 2 unspecified atom stereocenters. The first-order chi connectivity index (χ1) is 12.3. The molecule has 2 rings (SSSR count). The quantitative estimate of drug-likeness (QED) is 0.184. The van der Waals surface area contributed by atoms with Gasteiger partial charge in [-0.15, -0.1) is 6.42 Å². The Morgan fingerprint density at radius 1 is 1.12 bits per heavy atom. The van der Waals surface area contributed by atoms with E-state index >= 15 is 0 Å². The Morgan fingerprint density at radius 3 is 2.38 bits per heavy atom. The van der Waals surface area contributed by atoms with Crippen molar-refractivity contribution in [1.29, 1.82) is 0 Å². The first kappa shape index (κ1) is 20.5. The SMILES string of the molecule is C#C/C=C(\C=C/COCC1(C)CO1)C/C(C)=C/C=C(\C)OCC1(C)CO1. The van der Waals surface area contributed by atoms with Crippen molar-refractivity contribution in [2.45, 2.75) is 45.3 Å². The van der Waals surface area contributed by atoms with Crippen LogP contribution in [0.1, 0.15) is 34.1 Å². The zero-order valence-corrected chi connectivity index (χ0v) is 16.3. The van der Waals surface area contributed by atoms with Crippen molar-refractivity contribution in [3.8, 4) is 12.3 Å². The molecule has 0 aromatic heterocycles. The van der Waals surface area contributed by atoms with Gasteiger partial charge in [-0.05, 0) is 51.8 Å². The molecule has 0 radical (unpaired) electrons. The van der Waals surface area contributed by atoms with Gasteiger partial charge in [0.25, 0.3) is 0 Å². The van der Waals surface area contributed by atoms with Crippen molar-refractivity contribution in [1.82, 2.24) is 0 Å². The standard InChI is InChI=1S/C22H30O4/c1-6-8-20(9-7-12-23-14-21(4)16-25-21)13-18(2)10-11-19(3)24-15-22(5)17-26-22/h1,7-11H,12-17H2,2-5H3/b9-7-,18-10+,19-11+,20-8+. The van der Waals surface area contributed by atoms with Gasteiger partial charge in [-0.2, -0.15) is 0 Å². The fourth-order valence-electron chi connectivity index (χ4n) is 2.18. The van der Waals surface area contributed by atoms with Crippen LogP contribution < -0.4 is 0 Å². The average molecular weight is 358 g/mol. The Labute approximate surface area is 157 Å². The molecule has 2 heterocycles. The van der Waals surface area contributed by atoms with Crippen molar-refractivity contribution in [3.63, 3.8) is 0 Å². The molecule has 0 saturated carbocycles. The number of terminal acetylenes is 1. The molecule has 2 saturated heterocycles. The van der Waals surface area contributed by atoms with Crippen LogP contribution in [0.15, 0.2) is 47.3 Å². The fourth-order valence-corrected chi connectivity index (χ4v) is 2.18. The summed E-state index contributed by atoms with van der Waals surface area (Å²) in [4.78, 5) is 0. The highest BCUT2D eigenvalue weighted by Gasteiger charge is 2.40. The van der Waals surface area contributed by atoms with Crippen molar-refractivity contribution in [2.75, 3.05) is 33.0 Å². The van der Waals surface area contributed by atoms with Crippen LogP contribution in [0.4, 0.5) is 0 Å². The maximum atomic E-state index is 5.70. The minimum atomic E-state index is -0.0908. The zero-order valence-electron chi connectivity index (χ0n) is 16.3. The third-order valence-corrected chi connectivity index (χ3v) is 4.19. The Bertz CT molecular complexity index is 638. The first-order valence-electron chi connectivity index (χ1n) is 8.98. The minimum absolute atomic E-state index is 0.0695. The Morgan fingerprint density at radius 2 is 1.77 bits per heavy atom. The lowest BCUT2D eigenvalue weighted by Gasteiger charge is -2.08.